The fourth-order valence-electron chi connectivity index (χ4n) is 4.38. The van der Waals surface area contributed by atoms with Gasteiger partial charge < -0.3 is 9.42 Å². The molecule has 1 fully saturated rings. The van der Waals surface area contributed by atoms with Crippen molar-refractivity contribution in [1.29, 1.82) is 0 Å². The number of hydrogen-bond acceptors (Lipinski definition) is 4. The number of benzene rings is 2. The summed E-state index contributed by atoms with van der Waals surface area (Å²) in [5.41, 5.74) is 3.31. The van der Waals surface area contributed by atoms with E-state index in [-0.39, 0.29) is 0 Å². The Balaban J connectivity index is 1.45. The van der Waals surface area contributed by atoms with Crippen LogP contribution in [-0.2, 0) is 0 Å². The summed E-state index contributed by atoms with van der Waals surface area (Å²) >= 11 is 18.5. The molecule has 0 amide bonds. The van der Waals surface area contributed by atoms with Gasteiger partial charge in [0.1, 0.15) is 0 Å². The molecule has 1 heterocycles. The van der Waals surface area contributed by atoms with Gasteiger partial charge in [-0.1, -0.05) is 63.7 Å². The Morgan fingerprint density at radius 3 is 2.42 bits per heavy atom. The normalized spacial score (nSPS) is 17.7. The second-order valence-corrected chi connectivity index (χ2v) is 9.38. The number of rotatable bonds is 5. The maximum absolute atomic E-state index is 6.28. The quantitative estimate of drug-likeness (QED) is 0.381. The first-order valence-electron chi connectivity index (χ1n) is 10.3. The van der Waals surface area contributed by atoms with Crippen molar-refractivity contribution in [2.45, 2.75) is 31.7 Å². The third-order valence-corrected chi connectivity index (χ3v) is 6.92. The van der Waals surface area contributed by atoms with Crippen LogP contribution < -0.4 is 0 Å². The van der Waals surface area contributed by atoms with Gasteiger partial charge in [-0.15, -0.1) is 0 Å². The molecule has 7 heteroatoms. The lowest BCUT2D eigenvalue weighted by atomic mass is 9.78. The lowest BCUT2D eigenvalue weighted by Gasteiger charge is -2.36. The van der Waals surface area contributed by atoms with E-state index in [0.717, 1.165) is 30.7 Å². The fourth-order valence-corrected chi connectivity index (χ4v) is 4.89. The second-order valence-electron chi connectivity index (χ2n) is 8.16. The molecule has 1 aliphatic carbocycles. The van der Waals surface area contributed by atoms with Crippen LogP contribution in [0.4, 0.5) is 0 Å². The Morgan fingerprint density at radius 2 is 1.74 bits per heavy atom. The fraction of sp³-hybridized carbons (Fsp3) is 0.333. The van der Waals surface area contributed by atoms with Crippen LogP contribution in [0.25, 0.3) is 17.5 Å². The first-order valence-corrected chi connectivity index (χ1v) is 11.4. The van der Waals surface area contributed by atoms with E-state index >= 15 is 0 Å². The Labute approximate surface area is 197 Å². The van der Waals surface area contributed by atoms with Crippen LogP contribution in [0.2, 0.25) is 15.1 Å². The van der Waals surface area contributed by atoms with Crippen LogP contribution in [0.1, 0.15) is 43.2 Å². The molecule has 0 N–H and O–H groups in total. The molecule has 31 heavy (non-hydrogen) atoms. The molecule has 1 aliphatic rings. The number of nitrogens with zero attached hydrogens (tertiary/aromatic N) is 3. The molecule has 162 valence electrons. The van der Waals surface area contributed by atoms with Gasteiger partial charge in [0.25, 0.3) is 5.89 Å². The molecule has 0 aliphatic heterocycles. The molecule has 1 unspecified atom stereocenters. The first-order chi connectivity index (χ1) is 14.9. The molecule has 1 aromatic heterocycles. The molecule has 0 saturated heterocycles. The van der Waals surface area contributed by atoms with E-state index in [9.17, 15) is 0 Å². The molecule has 1 saturated carbocycles. The van der Waals surface area contributed by atoms with Crippen LogP contribution in [0.15, 0.2) is 52.6 Å². The van der Waals surface area contributed by atoms with Gasteiger partial charge in [0.15, 0.2) is 0 Å². The lowest BCUT2D eigenvalue weighted by molar-refractivity contribution is 0.184. The minimum absolute atomic E-state index is 0.374. The van der Waals surface area contributed by atoms with Gasteiger partial charge in [0.2, 0.25) is 5.82 Å². The smallest absolute Gasteiger partial charge is 0.250 e. The highest BCUT2D eigenvalue weighted by molar-refractivity contribution is 6.43. The zero-order valence-corrected chi connectivity index (χ0v) is 19.8. The Hall–Kier alpha value is -1.85. The van der Waals surface area contributed by atoms with Crippen molar-refractivity contribution in [3.63, 3.8) is 0 Å². The van der Waals surface area contributed by atoms with Crippen molar-refractivity contribution in [2.24, 2.45) is 5.92 Å². The van der Waals surface area contributed by atoms with Gasteiger partial charge >= 0.3 is 0 Å². The SMILES string of the molecule is CN(C)C(c1ccc(Cl)cc1)C1CCC(=Cc2nc(-c3cccc(Cl)c3Cl)no2)CC1. The number of hydrogen-bond donors (Lipinski definition) is 0. The van der Waals surface area contributed by atoms with Gasteiger partial charge in [-0.2, -0.15) is 4.98 Å². The summed E-state index contributed by atoms with van der Waals surface area (Å²) in [6, 6.07) is 14.0. The van der Waals surface area contributed by atoms with E-state index in [1.165, 1.54) is 11.1 Å². The molecule has 4 nitrogen and oxygen atoms in total. The topological polar surface area (TPSA) is 42.2 Å². The minimum Gasteiger partial charge on any atom is -0.334 e. The van der Waals surface area contributed by atoms with Gasteiger partial charge in [0.05, 0.1) is 10.0 Å². The number of aromatic nitrogens is 2. The van der Waals surface area contributed by atoms with E-state index < -0.39 is 0 Å². The number of allylic oxidation sites excluding steroid dienone is 1. The van der Waals surface area contributed by atoms with Crippen LogP contribution in [0.5, 0.6) is 0 Å². The maximum Gasteiger partial charge on any atom is 0.250 e. The molecule has 0 spiro atoms. The van der Waals surface area contributed by atoms with Crippen molar-refractivity contribution < 1.29 is 4.52 Å². The maximum atomic E-state index is 6.28. The van der Waals surface area contributed by atoms with Crippen LogP contribution >= 0.6 is 34.8 Å². The predicted octanol–water partition coefficient (Wildman–Crippen LogP) is 7.57. The summed E-state index contributed by atoms with van der Waals surface area (Å²) in [6.45, 7) is 0. The molecular formula is C24H24Cl3N3O. The highest BCUT2D eigenvalue weighted by Crippen LogP contribution is 2.40. The van der Waals surface area contributed by atoms with E-state index in [1.807, 2.05) is 30.3 Å². The van der Waals surface area contributed by atoms with Crippen molar-refractivity contribution in [3.05, 3.63) is 74.6 Å². The van der Waals surface area contributed by atoms with Crippen LogP contribution in [-0.4, -0.2) is 29.1 Å². The van der Waals surface area contributed by atoms with Crippen molar-refractivity contribution in [2.75, 3.05) is 14.1 Å². The van der Waals surface area contributed by atoms with Gasteiger partial charge in [0, 0.05) is 22.7 Å². The summed E-state index contributed by atoms with van der Waals surface area (Å²) in [5.74, 6) is 1.53. The Morgan fingerprint density at radius 1 is 1.03 bits per heavy atom. The molecule has 1 atom stereocenters. The molecule has 0 radical (unpaired) electrons. The molecule has 2 aromatic carbocycles. The van der Waals surface area contributed by atoms with Crippen LogP contribution in [0.3, 0.4) is 0 Å². The van der Waals surface area contributed by atoms with Crippen molar-refractivity contribution in [1.82, 2.24) is 15.0 Å². The molecular weight excluding hydrogens is 453 g/mol. The minimum atomic E-state index is 0.374. The van der Waals surface area contributed by atoms with E-state index in [0.29, 0.717) is 39.3 Å². The average Bonchev–Trinajstić information content (AvgIpc) is 3.21. The molecule has 4 rings (SSSR count). The average molecular weight is 477 g/mol. The highest BCUT2D eigenvalue weighted by atomic mass is 35.5. The summed E-state index contributed by atoms with van der Waals surface area (Å²) < 4.78 is 5.45. The molecule has 3 aromatic rings. The summed E-state index contributed by atoms with van der Waals surface area (Å²) in [6.07, 6.45) is 6.26. The van der Waals surface area contributed by atoms with Crippen molar-refractivity contribution >= 4 is 40.9 Å². The second kappa shape index (κ2) is 9.74. The van der Waals surface area contributed by atoms with Crippen molar-refractivity contribution in [3.8, 4) is 11.4 Å². The lowest BCUT2D eigenvalue weighted by Crippen LogP contribution is -2.29. The first kappa shape index (κ1) is 22.3. The monoisotopic (exact) mass is 475 g/mol. The van der Waals surface area contributed by atoms with Gasteiger partial charge in [-0.05, 0) is 75.5 Å². The van der Waals surface area contributed by atoms with Gasteiger partial charge in [-0.3, -0.25) is 0 Å². The standard InChI is InChI=1S/C24H24Cl3N3O/c1-30(2)23(17-10-12-18(25)13-11-17)16-8-6-15(7-9-16)14-21-28-24(29-31-21)19-4-3-5-20(26)22(19)27/h3-5,10-14,16,23H,6-9H2,1-2H3. The third kappa shape index (κ3) is 5.15. The van der Waals surface area contributed by atoms with E-state index in [4.69, 9.17) is 39.3 Å². The van der Waals surface area contributed by atoms with E-state index in [2.05, 4.69) is 41.3 Å². The predicted molar refractivity (Wildman–Crippen MR) is 128 cm³/mol. The number of halogens is 3. The largest absolute Gasteiger partial charge is 0.334 e. The Kier molecular flexibility index (Phi) is 7.02. The summed E-state index contributed by atoms with van der Waals surface area (Å²) in [7, 11) is 4.29. The Bertz CT molecular complexity index is 1070. The highest BCUT2D eigenvalue weighted by Gasteiger charge is 2.28. The van der Waals surface area contributed by atoms with E-state index in [1.54, 1.807) is 6.07 Å². The van der Waals surface area contributed by atoms with Gasteiger partial charge in [-0.25, -0.2) is 0 Å². The molecule has 0 bridgehead atoms. The van der Waals surface area contributed by atoms with Crippen LogP contribution in [0, 0.1) is 5.92 Å². The zero-order valence-electron chi connectivity index (χ0n) is 17.5. The summed E-state index contributed by atoms with van der Waals surface area (Å²) in [5, 5.41) is 5.75. The zero-order chi connectivity index (χ0) is 22.0. The summed E-state index contributed by atoms with van der Waals surface area (Å²) in [4.78, 5) is 6.80. The third-order valence-electron chi connectivity index (χ3n) is 5.85.